The van der Waals surface area contributed by atoms with E-state index < -0.39 is 0 Å². The maximum atomic E-state index is 5.49. The number of benzene rings is 2. The number of methoxy groups -OCH3 is 3. The number of ether oxygens (including phenoxy) is 3. The van der Waals surface area contributed by atoms with Crippen LogP contribution >= 0.6 is 24.0 Å². The Morgan fingerprint density at radius 2 is 1.53 bits per heavy atom. The maximum Gasteiger partial charge on any atom is 0.203 e. The van der Waals surface area contributed by atoms with Crippen LogP contribution in [0, 0.1) is 0 Å². The molecular formula is C24H35IN4O3. The topological polar surface area (TPSA) is 58.6 Å². The molecule has 2 aromatic rings. The highest BCUT2D eigenvalue weighted by Crippen LogP contribution is 2.38. The lowest BCUT2D eigenvalue weighted by atomic mass is 10.1. The smallest absolute Gasteiger partial charge is 0.203 e. The average Bonchev–Trinajstić information content (AvgIpc) is 2.82. The van der Waals surface area contributed by atoms with Gasteiger partial charge in [-0.1, -0.05) is 30.3 Å². The van der Waals surface area contributed by atoms with Crippen LogP contribution in [0.2, 0.25) is 0 Å². The summed E-state index contributed by atoms with van der Waals surface area (Å²) in [5.74, 6) is 3.00. The first-order chi connectivity index (χ1) is 15.2. The van der Waals surface area contributed by atoms with Crippen LogP contribution < -0.4 is 19.5 Å². The van der Waals surface area contributed by atoms with Gasteiger partial charge in [-0.2, -0.15) is 0 Å². The van der Waals surface area contributed by atoms with Crippen molar-refractivity contribution in [3.63, 3.8) is 0 Å². The second-order valence-electron chi connectivity index (χ2n) is 7.45. The lowest BCUT2D eigenvalue weighted by Gasteiger charge is -2.36. The van der Waals surface area contributed by atoms with Gasteiger partial charge in [-0.15, -0.1) is 24.0 Å². The van der Waals surface area contributed by atoms with Crippen molar-refractivity contribution in [2.75, 3.05) is 54.1 Å². The first-order valence-electron chi connectivity index (χ1n) is 10.8. The molecule has 1 aliphatic rings. The minimum atomic E-state index is 0. The molecule has 0 atom stereocenters. The Hall–Kier alpha value is -2.20. The molecule has 8 heteroatoms. The summed E-state index contributed by atoms with van der Waals surface area (Å²) in [5.41, 5.74) is 2.37. The highest BCUT2D eigenvalue weighted by molar-refractivity contribution is 14.0. The molecule has 32 heavy (non-hydrogen) atoms. The van der Waals surface area contributed by atoms with Gasteiger partial charge in [0, 0.05) is 39.3 Å². The zero-order valence-corrected chi connectivity index (χ0v) is 21.8. The summed E-state index contributed by atoms with van der Waals surface area (Å²) in [7, 11) is 4.92. The first kappa shape index (κ1) is 26.1. The highest BCUT2D eigenvalue weighted by Gasteiger charge is 2.21. The number of nitrogens with zero attached hydrogens (tertiary/aromatic N) is 3. The van der Waals surface area contributed by atoms with Gasteiger partial charge in [-0.3, -0.25) is 4.90 Å². The van der Waals surface area contributed by atoms with E-state index >= 15 is 0 Å². The molecule has 1 aliphatic heterocycles. The molecule has 1 N–H and O–H groups in total. The summed E-state index contributed by atoms with van der Waals surface area (Å²) in [6.07, 6.45) is 0. The lowest BCUT2D eigenvalue weighted by Crippen LogP contribution is -2.52. The summed E-state index contributed by atoms with van der Waals surface area (Å²) >= 11 is 0. The van der Waals surface area contributed by atoms with Crippen LogP contribution in [0.1, 0.15) is 18.1 Å². The van der Waals surface area contributed by atoms with Gasteiger partial charge < -0.3 is 24.4 Å². The predicted molar refractivity (Wildman–Crippen MR) is 140 cm³/mol. The van der Waals surface area contributed by atoms with E-state index in [2.05, 4.69) is 46.3 Å². The van der Waals surface area contributed by atoms with Gasteiger partial charge in [0.05, 0.1) is 27.9 Å². The van der Waals surface area contributed by atoms with Gasteiger partial charge in [0.2, 0.25) is 5.75 Å². The summed E-state index contributed by atoms with van der Waals surface area (Å²) < 4.78 is 16.4. The molecule has 0 saturated carbocycles. The van der Waals surface area contributed by atoms with Crippen molar-refractivity contribution in [3.8, 4) is 17.2 Å². The number of rotatable bonds is 8. The Labute approximate surface area is 208 Å². The van der Waals surface area contributed by atoms with Crippen molar-refractivity contribution >= 4 is 29.9 Å². The number of hydrogen-bond donors (Lipinski definition) is 1. The molecule has 0 bridgehead atoms. The fraction of sp³-hybridized carbons (Fsp3) is 0.458. The van der Waals surface area contributed by atoms with Crippen molar-refractivity contribution in [1.82, 2.24) is 15.1 Å². The molecule has 1 fully saturated rings. The molecule has 1 heterocycles. The number of guanidine groups is 1. The quantitative estimate of drug-likeness (QED) is 0.306. The van der Waals surface area contributed by atoms with Crippen LogP contribution in [0.15, 0.2) is 47.5 Å². The van der Waals surface area contributed by atoms with Crippen LogP contribution in [0.4, 0.5) is 0 Å². The lowest BCUT2D eigenvalue weighted by molar-refractivity contribution is 0.172. The summed E-state index contributed by atoms with van der Waals surface area (Å²) in [4.78, 5) is 9.63. The average molecular weight is 554 g/mol. The van der Waals surface area contributed by atoms with Crippen molar-refractivity contribution < 1.29 is 14.2 Å². The number of nitrogens with one attached hydrogen (secondary N) is 1. The second-order valence-corrected chi connectivity index (χ2v) is 7.45. The van der Waals surface area contributed by atoms with E-state index in [1.807, 2.05) is 18.2 Å². The molecule has 1 saturated heterocycles. The first-order valence-corrected chi connectivity index (χ1v) is 10.8. The fourth-order valence-electron chi connectivity index (χ4n) is 3.78. The number of halogens is 1. The third-order valence-corrected chi connectivity index (χ3v) is 5.39. The maximum absolute atomic E-state index is 5.49. The SMILES string of the molecule is CCNC(=NCc1ccccc1)N1CCN(Cc2cc(OC)c(OC)c(OC)c2)CC1.I. The van der Waals surface area contributed by atoms with Gasteiger partial charge in [0.25, 0.3) is 0 Å². The van der Waals surface area contributed by atoms with E-state index in [0.717, 1.165) is 50.8 Å². The molecule has 0 unspecified atom stereocenters. The molecule has 2 aromatic carbocycles. The largest absolute Gasteiger partial charge is 0.493 e. The molecule has 0 amide bonds. The number of piperazine rings is 1. The monoisotopic (exact) mass is 554 g/mol. The molecule has 0 spiro atoms. The fourth-order valence-corrected chi connectivity index (χ4v) is 3.78. The van der Waals surface area contributed by atoms with Crippen LogP contribution in [-0.2, 0) is 13.1 Å². The van der Waals surface area contributed by atoms with Gasteiger partial charge in [-0.05, 0) is 30.2 Å². The molecule has 0 radical (unpaired) electrons. The van der Waals surface area contributed by atoms with E-state index in [0.29, 0.717) is 23.8 Å². The highest BCUT2D eigenvalue weighted by atomic mass is 127. The summed E-state index contributed by atoms with van der Waals surface area (Å²) in [6.45, 7) is 8.30. The normalized spacial score (nSPS) is 14.5. The predicted octanol–water partition coefficient (Wildman–Crippen LogP) is 3.61. The number of hydrogen-bond acceptors (Lipinski definition) is 5. The Bertz CT molecular complexity index is 831. The Kier molecular flexibility index (Phi) is 10.9. The Morgan fingerprint density at radius 3 is 2.06 bits per heavy atom. The zero-order chi connectivity index (χ0) is 22.1. The van der Waals surface area contributed by atoms with Crippen LogP contribution in [0.3, 0.4) is 0 Å². The Morgan fingerprint density at radius 1 is 0.906 bits per heavy atom. The van der Waals surface area contributed by atoms with E-state index in [1.54, 1.807) is 21.3 Å². The Balaban J connectivity index is 0.00000363. The minimum Gasteiger partial charge on any atom is -0.493 e. The van der Waals surface area contributed by atoms with Crippen LogP contribution in [-0.4, -0.2) is 69.8 Å². The van der Waals surface area contributed by atoms with Crippen molar-refractivity contribution in [2.45, 2.75) is 20.0 Å². The van der Waals surface area contributed by atoms with Crippen LogP contribution in [0.25, 0.3) is 0 Å². The van der Waals surface area contributed by atoms with Crippen molar-refractivity contribution in [2.24, 2.45) is 4.99 Å². The van der Waals surface area contributed by atoms with E-state index in [9.17, 15) is 0 Å². The van der Waals surface area contributed by atoms with Gasteiger partial charge in [0.1, 0.15) is 0 Å². The summed E-state index contributed by atoms with van der Waals surface area (Å²) in [5, 5.41) is 3.44. The third-order valence-electron chi connectivity index (χ3n) is 5.39. The van der Waals surface area contributed by atoms with Gasteiger partial charge in [0.15, 0.2) is 17.5 Å². The second kappa shape index (κ2) is 13.4. The molecular weight excluding hydrogens is 519 g/mol. The van der Waals surface area contributed by atoms with Crippen molar-refractivity contribution in [1.29, 1.82) is 0 Å². The molecule has 7 nitrogen and oxygen atoms in total. The third kappa shape index (κ3) is 6.90. The molecule has 0 aromatic heterocycles. The molecule has 0 aliphatic carbocycles. The number of aliphatic imine (C=N–C) groups is 1. The molecule has 176 valence electrons. The van der Waals surface area contributed by atoms with Gasteiger partial charge >= 0.3 is 0 Å². The standard InChI is InChI=1S/C24H34N4O3.HI/c1-5-25-24(26-17-19-9-7-6-8-10-19)28-13-11-27(12-14-28)18-20-15-21(29-2)23(31-4)22(16-20)30-3;/h6-10,15-16H,5,11-14,17-18H2,1-4H3,(H,25,26);1H. The van der Waals surface area contributed by atoms with E-state index in [1.165, 1.54) is 5.56 Å². The van der Waals surface area contributed by atoms with Crippen LogP contribution in [0.5, 0.6) is 17.2 Å². The minimum absolute atomic E-state index is 0. The zero-order valence-electron chi connectivity index (χ0n) is 19.5. The van der Waals surface area contributed by atoms with Crippen molar-refractivity contribution in [3.05, 3.63) is 53.6 Å². The summed E-state index contributed by atoms with van der Waals surface area (Å²) in [6, 6.07) is 14.4. The van der Waals surface area contributed by atoms with E-state index in [-0.39, 0.29) is 24.0 Å². The van der Waals surface area contributed by atoms with Gasteiger partial charge in [-0.25, -0.2) is 4.99 Å². The molecule has 3 rings (SSSR count). The van der Waals surface area contributed by atoms with E-state index in [4.69, 9.17) is 19.2 Å².